The number of aromatic nitrogens is 1. The molecule has 1 aromatic heterocycles. The Morgan fingerprint density at radius 3 is 2.65 bits per heavy atom. The number of hydrogen-bond donors (Lipinski definition) is 1. The molecule has 1 aromatic carbocycles. The summed E-state index contributed by atoms with van der Waals surface area (Å²) in [4.78, 5) is 28.7. The summed E-state index contributed by atoms with van der Waals surface area (Å²) in [5.41, 5.74) is 1.48. The number of thiazole rings is 1. The minimum absolute atomic E-state index is 0.282. The average molecular weight is 374 g/mol. The number of nitrogens with zero attached hydrogens (tertiary/aromatic N) is 1. The van der Waals surface area contributed by atoms with Crippen molar-refractivity contribution in [3.05, 3.63) is 45.4 Å². The Morgan fingerprint density at radius 1 is 1.27 bits per heavy atom. The maximum atomic E-state index is 12.5. The lowest BCUT2D eigenvalue weighted by Crippen LogP contribution is -2.24. The number of amides is 1. The fourth-order valence-electron chi connectivity index (χ4n) is 2.69. The van der Waals surface area contributed by atoms with E-state index in [0.29, 0.717) is 35.9 Å². The molecule has 1 fully saturated rings. The van der Waals surface area contributed by atoms with Crippen LogP contribution in [-0.4, -0.2) is 30.6 Å². The summed E-state index contributed by atoms with van der Waals surface area (Å²) in [5.74, 6) is 0.287. The van der Waals surface area contributed by atoms with E-state index in [1.165, 1.54) is 30.9 Å². The Kier molecular flexibility index (Phi) is 5.88. The van der Waals surface area contributed by atoms with Crippen molar-refractivity contribution in [2.75, 3.05) is 13.7 Å². The Balaban J connectivity index is 1.72. The standard InChI is InChI=1S/C19H22N2O4S/c1-12-21-16(11-26-12)9-20-18(22)14-6-15(19(23)24-2)8-17(7-14)25-10-13-4-3-5-13/h6-8,11,13H,3-5,9-10H2,1-2H3,(H,20,22). The van der Waals surface area contributed by atoms with Crippen LogP contribution in [0.2, 0.25) is 0 Å². The van der Waals surface area contributed by atoms with Crippen molar-refractivity contribution in [1.82, 2.24) is 10.3 Å². The number of hydrogen-bond acceptors (Lipinski definition) is 6. The van der Waals surface area contributed by atoms with Crippen LogP contribution in [0.4, 0.5) is 0 Å². The monoisotopic (exact) mass is 374 g/mol. The van der Waals surface area contributed by atoms with E-state index in [2.05, 4.69) is 10.3 Å². The van der Waals surface area contributed by atoms with Gasteiger partial charge in [-0.15, -0.1) is 11.3 Å². The highest BCUT2D eigenvalue weighted by atomic mass is 32.1. The van der Waals surface area contributed by atoms with E-state index in [4.69, 9.17) is 9.47 Å². The molecule has 0 unspecified atom stereocenters. The van der Waals surface area contributed by atoms with Crippen LogP contribution < -0.4 is 10.1 Å². The third kappa shape index (κ3) is 4.60. The van der Waals surface area contributed by atoms with Crippen molar-refractivity contribution in [3.63, 3.8) is 0 Å². The quantitative estimate of drug-likeness (QED) is 0.752. The molecule has 1 N–H and O–H groups in total. The predicted octanol–water partition coefficient (Wildman–Crippen LogP) is 3.35. The Labute approximate surface area is 156 Å². The first-order valence-corrected chi connectivity index (χ1v) is 9.48. The highest BCUT2D eigenvalue weighted by Crippen LogP contribution is 2.28. The molecule has 7 heteroatoms. The number of rotatable bonds is 7. The highest BCUT2D eigenvalue weighted by Gasteiger charge is 2.19. The Hall–Kier alpha value is -2.41. The minimum Gasteiger partial charge on any atom is -0.493 e. The van der Waals surface area contributed by atoms with Crippen molar-refractivity contribution in [1.29, 1.82) is 0 Å². The molecule has 138 valence electrons. The number of ether oxygens (including phenoxy) is 2. The molecule has 1 aliphatic carbocycles. The number of nitrogens with one attached hydrogen (secondary N) is 1. The van der Waals surface area contributed by atoms with Crippen LogP contribution in [0.25, 0.3) is 0 Å². The van der Waals surface area contributed by atoms with Crippen LogP contribution in [-0.2, 0) is 11.3 Å². The van der Waals surface area contributed by atoms with Crippen LogP contribution >= 0.6 is 11.3 Å². The van der Waals surface area contributed by atoms with Crippen LogP contribution in [0.5, 0.6) is 5.75 Å². The average Bonchev–Trinajstić information content (AvgIpc) is 3.02. The van der Waals surface area contributed by atoms with Gasteiger partial charge in [-0.25, -0.2) is 9.78 Å². The first-order valence-electron chi connectivity index (χ1n) is 8.60. The lowest BCUT2D eigenvalue weighted by Gasteiger charge is -2.25. The molecule has 6 nitrogen and oxygen atoms in total. The van der Waals surface area contributed by atoms with Crippen LogP contribution in [0.1, 0.15) is 50.7 Å². The molecule has 3 rings (SSSR count). The summed E-state index contributed by atoms with van der Waals surface area (Å²) in [5, 5.41) is 5.69. The molecular formula is C19H22N2O4S. The summed E-state index contributed by atoms with van der Waals surface area (Å²) < 4.78 is 10.6. The van der Waals surface area contributed by atoms with Gasteiger partial charge in [0.05, 0.1) is 36.5 Å². The molecule has 1 amide bonds. The second kappa shape index (κ2) is 8.31. The molecule has 0 atom stereocenters. The smallest absolute Gasteiger partial charge is 0.338 e. The second-order valence-electron chi connectivity index (χ2n) is 6.39. The summed E-state index contributed by atoms with van der Waals surface area (Å²) >= 11 is 1.54. The number of esters is 1. The van der Waals surface area contributed by atoms with Crippen molar-refractivity contribution < 1.29 is 19.1 Å². The van der Waals surface area contributed by atoms with Gasteiger partial charge in [0.25, 0.3) is 5.91 Å². The van der Waals surface area contributed by atoms with Gasteiger partial charge in [0.2, 0.25) is 0 Å². The third-order valence-corrected chi connectivity index (χ3v) is 5.22. The normalized spacial score (nSPS) is 13.8. The minimum atomic E-state index is -0.497. The van der Waals surface area contributed by atoms with Crippen LogP contribution in [0.3, 0.4) is 0 Å². The number of carbonyl (C=O) groups is 2. The SMILES string of the molecule is COC(=O)c1cc(OCC2CCC2)cc(C(=O)NCc2csc(C)n2)c1. The lowest BCUT2D eigenvalue weighted by atomic mass is 9.86. The van der Waals surface area contributed by atoms with E-state index in [1.54, 1.807) is 12.1 Å². The molecule has 0 aliphatic heterocycles. The van der Waals surface area contributed by atoms with Crippen LogP contribution in [0, 0.1) is 12.8 Å². The molecule has 2 aromatic rings. The number of methoxy groups -OCH3 is 1. The first-order chi connectivity index (χ1) is 12.5. The number of benzene rings is 1. The molecular weight excluding hydrogens is 352 g/mol. The van der Waals surface area contributed by atoms with Crippen molar-refractivity contribution in [2.24, 2.45) is 5.92 Å². The van der Waals surface area contributed by atoms with Gasteiger partial charge < -0.3 is 14.8 Å². The zero-order chi connectivity index (χ0) is 18.5. The largest absolute Gasteiger partial charge is 0.493 e. The van der Waals surface area contributed by atoms with Gasteiger partial charge >= 0.3 is 5.97 Å². The van der Waals surface area contributed by atoms with Crippen molar-refractivity contribution >= 4 is 23.2 Å². The second-order valence-corrected chi connectivity index (χ2v) is 7.45. The molecule has 0 bridgehead atoms. The molecule has 1 aliphatic rings. The van der Waals surface area contributed by atoms with Gasteiger partial charge in [-0.1, -0.05) is 6.42 Å². The number of carbonyl (C=O) groups excluding carboxylic acids is 2. The molecule has 0 saturated heterocycles. The van der Waals surface area contributed by atoms with E-state index in [-0.39, 0.29) is 5.91 Å². The van der Waals surface area contributed by atoms with Gasteiger partial charge in [-0.3, -0.25) is 4.79 Å². The van der Waals surface area contributed by atoms with E-state index in [9.17, 15) is 9.59 Å². The van der Waals surface area contributed by atoms with E-state index >= 15 is 0 Å². The summed E-state index contributed by atoms with van der Waals surface area (Å²) in [6.45, 7) is 2.86. The fourth-order valence-corrected chi connectivity index (χ4v) is 3.30. The van der Waals surface area contributed by atoms with Gasteiger partial charge in [-0.2, -0.15) is 0 Å². The Bertz CT molecular complexity index is 799. The molecule has 26 heavy (non-hydrogen) atoms. The molecule has 1 saturated carbocycles. The van der Waals surface area contributed by atoms with Gasteiger partial charge in [0, 0.05) is 10.9 Å². The maximum Gasteiger partial charge on any atom is 0.338 e. The van der Waals surface area contributed by atoms with E-state index in [0.717, 1.165) is 23.5 Å². The van der Waals surface area contributed by atoms with Gasteiger partial charge in [0.1, 0.15) is 5.75 Å². The van der Waals surface area contributed by atoms with Gasteiger partial charge in [-0.05, 0) is 43.9 Å². The topological polar surface area (TPSA) is 77.5 Å². The fraction of sp³-hybridized carbons (Fsp3) is 0.421. The number of aryl methyl sites for hydroxylation is 1. The molecule has 0 radical (unpaired) electrons. The maximum absolute atomic E-state index is 12.5. The van der Waals surface area contributed by atoms with E-state index in [1.807, 2.05) is 12.3 Å². The van der Waals surface area contributed by atoms with Crippen molar-refractivity contribution in [2.45, 2.75) is 32.7 Å². The zero-order valence-electron chi connectivity index (χ0n) is 14.9. The summed E-state index contributed by atoms with van der Waals surface area (Å²) in [6, 6.07) is 4.79. The molecule has 1 heterocycles. The lowest BCUT2D eigenvalue weighted by molar-refractivity contribution is 0.0600. The predicted molar refractivity (Wildman–Crippen MR) is 98.6 cm³/mol. The highest BCUT2D eigenvalue weighted by molar-refractivity contribution is 7.09. The first kappa shape index (κ1) is 18.4. The molecule has 0 spiro atoms. The van der Waals surface area contributed by atoms with Crippen molar-refractivity contribution in [3.8, 4) is 5.75 Å². The summed E-state index contributed by atoms with van der Waals surface area (Å²) in [6.07, 6.45) is 3.56. The van der Waals surface area contributed by atoms with Gasteiger partial charge in [0.15, 0.2) is 0 Å². The van der Waals surface area contributed by atoms with E-state index < -0.39 is 5.97 Å². The Morgan fingerprint density at radius 2 is 2.04 bits per heavy atom. The third-order valence-electron chi connectivity index (χ3n) is 4.40. The summed E-state index contributed by atoms with van der Waals surface area (Å²) in [7, 11) is 1.31. The zero-order valence-corrected chi connectivity index (χ0v) is 15.7. The van der Waals surface area contributed by atoms with Crippen LogP contribution in [0.15, 0.2) is 23.6 Å².